The monoisotopic (exact) mass is 475 g/mol. The largest absolute Gasteiger partial charge is 0.457 e. The van der Waals surface area contributed by atoms with E-state index in [0.717, 1.165) is 0 Å². The van der Waals surface area contributed by atoms with E-state index in [9.17, 15) is 24.9 Å². The number of ketones is 1. The van der Waals surface area contributed by atoms with Gasteiger partial charge in [0.15, 0.2) is 5.78 Å². The van der Waals surface area contributed by atoms with Crippen molar-refractivity contribution in [1.82, 2.24) is 0 Å². The van der Waals surface area contributed by atoms with Crippen LogP contribution >= 0.6 is 0 Å². The number of aliphatic hydroxyl groups is 3. The molecular weight excluding hydrogens is 434 g/mol. The summed E-state index contributed by atoms with van der Waals surface area (Å²) in [6.45, 7) is 13.4. The van der Waals surface area contributed by atoms with Crippen molar-refractivity contribution in [3.63, 3.8) is 0 Å². The zero-order chi connectivity index (χ0) is 25.6. The Bertz CT molecular complexity index is 976. The molecule has 2 fully saturated rings. The van der Waals surface area contributed by atoms with Gasteiger partial charge in [-0.15, -0.1) is 0 Å². The highest BCUT2D eigenvalue weighted by Gasteiger charge is 2.83. The molecule has 190 valence electrons. The molecule has 0 heterocycles. The molecule has 0 bridgehead atoms. The van der Waals surface area contributed by atoms with Gasteiger partial charge in [-0.2, -0.15) is 0 Å². The third-order valence-electron chi connectivity index (χ3n) is 9.29. The average molecular weight is 476 g/mol. The van der Waals surface area contributed by atoms with Crippen LogP contribution in [0.5, 0.6) is 0 Å². The lowest BCUT2D eigenvalue weighted by molar-refractivity contribution is -0.188. The van der Waals surface area contributed by atoms with Crippen molar-refractivity contribution in [3.8, 4) is 0 Å². The Kier molecular flexibility index (Phi) is 5.62. The van der Waals surface area contributed by atoms with E-state index in [4.69, 9.17) is 10.5 Å². The summed E-state index contributed by atoms with van der Waals surface area (Å²) in [5, 5.41) is 33.9. The Labute approximate surface area is 202 Å². The Morgan fingerprint density at radius 1 is 1.26 bits per heavy atom. The number of esters is 1. The van der Waals surface area contributed by atoms with Crippen molar-refractivity contribution < 1.29 is 29.6 Å². The molecule has 0 aliphatic heterocycles. The normalized spacial score (nSPS) is 43.6. The van der Waals surface area contributed by atoms with Crippen molar-refractivity contribution in [2.75, 3.05) is 6.61 Å². The van der Waals surface area contributed by atoms with Crippen LogP contribution in [0.1, 0.15) is 67.7 Å². The number of ether oxygens (including phenoxy) is 1. The van der Waals surface area contributed by atoms with Crippen LogP contribution in [0.15, 0.2) is 23.3 Å². The topological polar surface area (TPSA) is 130 Å². The highest BCUT2D eigenvalue weighted by atomic mass is 16.6. The summed E-state index contributed by atoms with van der Waals surface area (Å²) in [4.78, 5) is 26.1. The number of nitrogens with two attached hydrogens (primary N) is 1. The Morgan fingerprint density at radius 3 is 2.44 bits per heavy atom. The second-order valence-corrected chi connectivity index (χ2v) is 13.1. The van der Waals surface area contributed by atoms with Gasteiger partial charge < -0.3 is 25.8 Å². The van der Waals surface area contributed by atoms with Crippen LogP contribution in [0.25, 0.3) is 0 Å². The van der Waals surface area contributed by atoms with Crippen LogP contribution in [-0.4, -0.2) is 56.5 Å². The van der Waals surface area contributed by atoms with Crippen LogP contribution in [0.4, 0.5) is 0 Å². The molecule has 7 nitrogen and oxygen atoms in total. The van der Waals surface area contributed by atoms with Gasteiger partial charge in [0.2, 0.25) is 0 Å². The lowest BCUT2D eigenvalue weighted by atomic mass is 9.60. The Balaban J connectivity index is 1.75. The molecule has 2 saturated carbocycles. The molecule has 0 unspecified atom stereocenters. The molecule has 5 N–H and O–H groups in total. The summed E-state index contributed by atoms with van der Waals surface area (Å²) in [6.07, 6.45) is 4.41. The lowest BCUT2D eigenvalue weighted by Crippen LogP contribution is -2.61. The minimum absolute atomic E-state index is 0.0250. The number of Topliss-reactive ketones (excluding diaryl/α,β-unsaturated/α-hetero) is 1. The van der Waals surface area contributed by atoms with Crippen LogP contribution in [-0.2, 0) is 14.3 Å². The van der Waals surface area contributed by atoms with Crippen molar-refractivity contribution in [2.24, 2.45) is 40.2 Å². The van der Waals surface area contributed by atoms with E-state index in [1.165, 1.54) is 0 Å². The Morgan fingerprint density at radius 2 is 1.88 bits per heavy atom. The highest BCUT2D eigenvalue weighted by molar-refractivity contribution is 6.04. The standard InChI is InChI=1S/C27H41NO6/c1-14-8-19-25(32,21(14)30)11-16(13-29)9-17-20-24(6,7)26(20,10-15(2)27(17,19)33)34-22(31)18(28)12-23(3,4)5/h8-9,15,17-20,29,32-33H,10-13,28H2,1-7H3/t15-,17+,18+,19-,20-,25-,26+,27-/m1/s1. The molecule has 0 aromatic rings. The van der Waals surface area contributed by atoms with E-state index >= 15 is 0 Å². The van der Waals surface area contributed by atoms with Gasteiger partial charge in [-0.3, -0.25) is 9.59 Å². The van der Waals surface area contributed by atoms with Crippen LogP contribution < -0.4 is 5.73 Å². The fourth-order valence-electron chi connectivity index (χ4n) is 7.60. The summed E-state index contributed by atoms with van der Waals surface area (Å²) in [6, 6.07) is -0.747. The molecule has 8 atom stereocenters. The number of carbonyl (C=O) groups is 2. The first-order chi connectivity index (χ1) is 15.5. The van der Waals surface area contributed by atoms with Crippen LogP contribution in [0.2, 0.25) is 0 Å². The fraction of sp³-hybridized carbons (Fsp3) is 0.778. The maximum Gasteiger partial charge on any atom is 0.323 e. The van der Waals surface area contributed by atoms with Crippen molar-refractivity contribution in [1.29, 1.82) is 0 Å². The second-order valence-electron chi connectivity index (χ2n) is 13.1. The third-order valence-corrected chi connectivity index (χ3v) is 9.29. The van der Waals surface area contributed by atoms with Crippen molar-refractivity contribution in [2.45, 2.75) is 90.6 Å². The van der Waals surface area contributed by atoms with Gasteiger partial charge in [-0.1, -0.05) is 53.7 Å². The molecule has 0 spiro atoms. The molecule has 0 aromatic carbocycles. The molecule has 4 aliphatic carbocycles. The first kappa shape index (κ1) is 25.5. The maximum absolute atomic E-state index is 13.1. The maximum atomic E-state index is 13.1. The molecule has 4 aliphatic rings. The number of fused-ring (bicyclic) bond motifs is 5. The van der Waals surface area contributed by atoms with E-state index in [1.807, 2.05) is 47.6 Å². The highest BCUT2D eigenvalue weighted by Crippen LogP contribution is 2.76. The third kappa shape index (κ3) is 3.30. The van der Waals surface area contributed by atoms with Gasteiger partial charge in [0, 0.05) is 29.6 Å². The molecule has 0 amide bonds. The number of aliphatic hydroxyl groups excluding tert-OH is 1. The summed E-state index contributed by atoms with van der Waals surface area (Å²) in [5.74, 6) is -2.77. The molecule has 0 radical (unpaired) electrons. The van der Waals surface area contributed by atoms with Crippen molar-refractivity contribution >= 4 is 11.8 Å². The number of carbonyl (C=O) groups excluding carboxylic acids is 2. The van der Waals surface area contributed by atoms with E-state index in [1.54, 1.807) is 13.0 Å². The molecule has 0 saturated heterocycles. The van der Waals surface area contributed by atoms with Gasteiger partial charge in [0.25, 0.3) is 0 Å². The first-order valence-electron chi connectivity index (χ1n) is 12.4. The molecule has 0 aromatic heterocycles. The minimum Gasteiger partial charge on any atom is -0.457 e. The van der Waals surface area contributed by atoms with Crippen LogP contribution in [0, 0.1) is 34.5 Å². The molecular formula is C27H41NO6. The van der Waals surface area contributed by atoms with E-state index in [-0.39, 0.29) is 30.3 Å². The summed E-state index contributed by atoms with van der Waals surface area (Å²) < 4.78 is 6.22. The van der Waals surface area contributed by atoms with E-state index in [0.29, 0.717) is 24.0 Å². The van der Waals surface area contributed by atoms with Gasteiger partial charge in [0.1, 0.15) is 17.2 Å². The van der Waals surface area contributed by atoms with Gasteiger partial charge >= 0.3 is 5.97 Å². The zero-order valence-corrected chi connectivity index (χ0v) is 21.5. The number of hydrogen-bond donors (Lipinski definition) is 4. The number of rotatable bonds is 4. The fourth-order valence-corrected chi connectivity index (χ4v) is 7.60. The Hall–Kier alpha value is -1.54. The second kappa shape index (κ2) is 7.48. The smallest absolute Gasteiger partial charge is 0.323 e. The zero-order valence-electron chi connectivity index (χ0n) is 21.5. The quantitative estimate of drug-likeness (QED) is 0.362. The SMILES string of the molecule is CC1=C[C@H]2[C@@]3(O)[C@H](C)C[C@]4(OC(=O)[C@@H](N)CC(C)(C)C)[C@H]([C@@H]3C=C(CO)C[C@]2(O)C1=O)C4(C)C. The van der Waals surface area contributed by atoms with Crippen LogP contribution in [0.3, 0.4) is 0 Å². The summed E-state index contributed by atoms with van der Waals surface area (Å²) in [7, 11) is 0. The van der Waals surface area contributed by atoms with Gasteiger partial charge in [0.05, 0.1) is 12.2 Å². The predicted octanol–water partition coefficient (Wildman–Crippen LogP) is 2.27. The van der Waals surface area contributed by atoms with E-state index in [2.05, 4.69) is 0 Å². The predicted molar refractivity (Wildman–Crippen MR) is 127 cm³/mol. The summed E-state index contributed by atoms with van der Waals surface area (Å²) >= 11 is 0. The van der Waals surface area contributed by atoms with E-state index < -0.39 is 51.8 Å². The minimum atomic E-state index is -1.79. The first-order valence-corrected chi connectivity index (χ1v) is 12.4. The van der Waals surface area contributed by atoms with Gasteiger partial charge in [-0.25, -0.2) is 0 Å². The average Bonchev–Trinajstić information content (AvgIpc) is 3.11. The summed E-state index contributed by atoms with van der Waals surface area (Å²) in [5.41, 5.74) is 2.56. The molecule has 7 heteroatoms. The lowest BCUT2D eigenvalue weighted by Gasteiger charge is -2.50. The molecule has 4 rings (SSSR count). The van der Waals surface area contributed by atoms with Gasteiger partial charge in [-0.05, 0) is 42.2 Å². The number of hydrogen-bond acceptors (Lipinski definition) is 7. The molecule has 34 heavy (non-hydrogen) atoms. The van der Waals surface area contributed by atoms with Crippen molar-refractivity contribution in [3.05, 3.63) is 23.3 Å².